The van der Waals surface area contributed by atoms with Gasteiger partial charge >= 0.3 is 0 Å². The maximum absolute atomic E-state index is 12.1. The average Bonchev–Trinajstić information content (AvgIpc) is 3.37. The number of halogens is 1. The molecule has 0 aliphatic carbocycles. The standard InChI is InChI=1S/C47H96ClNO22S/c1-47(2,49-48)5-45-72(50,51)46-44-71-43-42-70-41-40-69-39-38-68-37-36-67-35-34-66-31-29-63-25-23-60-19-17-57-13-11-54-7-4-6-53-10-12-56-16-18-59-22-24-62-28-30-65-33-32-64-27-26-61-21-20-58-15-14-55-9-8-52-3/h49H,4-46H2,1-3H3. The maximum atomic E-state index is 12.1. The van der Waals surface area contributed by atoms with Crippen LogP contribution >= 0.6 is 11.8 Å². The van der Waals surface area contributed by atoms with Crippen LogP contribution in [0, 0.1) is 0 Å². The Bertz CT molecular complexity index is 1140. The summed E-state index contributed by atoms with van der Waals surface area (Å²) in [6.07, 6.45) is 1.22. The molecule has 0 aromatic carbocycles. The molecule has 23 nitrogen and oxygen atoms in total. The van der Waals surface area contributed by atoms with E-state index in [4.69, 9.17) is 107 Å². The molecule has 0 saturated heterocycles. The predicted octanol–water partition coefficient (Wildman–Crippen LogP) is 1.67. The Morgan fingerprint density at radius 3 is 0.667 bits per heavy atom. The number of hydrogen-bond acceptors (Lipinski definition) is 23. The van der Waals surface area contributed by atoms with Crippen molar-refractivity contribution in [3.05, 3.63) is 0 Å². The fourth-order valence-corrected chi connectivity index (χ4v) is 6.59. The Morgan fingerprint density at radius 2 is 0.472 bits per heavy atom. The zero-order valence-electron chi connectivity index (χ0n) is 44.2. The molecule has 0 fully saturated rings. The predicted molar refractivity (Wildman–Crippen MR) is 268 cm³/mol. The highest BCUT2D eigenvalue weighted by Gasteiger charge is 2.20. The molecule has 0 aromatic heterocycles. The Hall–Kier alpha value is -0.600. The van der Waals surface area contributed by atoms with Gasteiger partial charge in [-0.1, -0.05) is 0 Å². The second-order valence-corrected chi connectivity index (χ2v) is 18.4. The molecule has 72 heavy (non-hydrogen) atoms. The molecule has 1 N–H and O–H groups in total. The maximum Gasteiger partial charge on any atom is 0.152 e. The monoisotopic (exact) mass is 1090 g/mol. The highest BCUT2D eigenvalue weighted by molar-refractivity contribution is 7.91. The van der Waals surface area contributed by atoms with Gasteiger partial charge in [-0.3, -0.25) is 0 Å². The van der Waals surface area contributed by atoms with Crippen LogP contribution in [0.4, 0.5) is 0 Å². The van der Waals surface area contributed by atoms with E-state index in [1.165, 1.54) is 0 Å². The van der Waals surface area contributed by atoms with Crippen molar-refractivity contribution >= 4 is 21.6 Å². The Labute approximate surface area is 436 Å². The second kappa shape index (κ2) is 59.6. The molecular weight excluding hydrogens is 998 g/mol. The van der Waals surface area contributed by atoms with E-state index in [0.717, 1.165) is 6.42 Å². The van der Waals surface area contributed by atoms with Crippen LogP contribution in [0.1, 0.15) is 26.7 Å². The number of rotatable bonds is 65. The number of ether oxygens (including phenoxy) is 20. The van der Waals surface area contributed by atoms with E-state index in [1.807, 2.05) is 13.8 Å². The first-order valence-corrected chi connectivity index (χ1v) is 27.6. The van der Waals surface area contributed by atoms with Gasteiger partial charge in [-0.25, -0.2) is 13.3 Å². The lowest BCUT2D eigenvalue weighted by atomic mass is 10.0. The van der Waals surface area contributed by atoms with Gasteiger partial charge in [0.05, 0.1) is 256 Å². The molecule has 0 aliphatic heterocycles. The SMILES string of the molecule is COCCOCCOCCOCCOCCOCCOCCOCCOCCOCCCOCCOCCOCCOCCOCCOCCOCCOCCOCCOCCS(=O)(=O)CCC(C)(C)NCl. The molecule has 0 unspecified atom stereocenters. The number of nitrogens with one attached hydrogen (secondary N) is 1. The largest absolute Gasteiger partial charge is 0.382 e. The summed E-state index contributed by atoms with van der Waals surface area (Å²) < 4.78 is 133. The molecule has 0 radical (unpaired) electrons. The van der Waals surface area contributed by atoms with Crippen LogP contribution in [0.2, 0.25) is 0 Å². The molecule has 0 saturated carbocycles. The van der Waals surface area contributed by atoms with E-state index in [0.29, 0.717) is 257 Å². The lowest BCUT2D eigenvalue weighted by Gasteiger charge is -2.21. The third-order valence-corrected chi connectivity index (χ3v) is 11.3. The summed E-state index contributed by atoms with van der Waals surface area (Å²) in [6.45, 7) is 22.6. The highest BCUT2D eigenvalue weighted by Crippen LogP contribution is 2.11. The average molecular weight is 1090 g/mol. The minimum Gasteiger partial charge on any atom is -0.382 e. The van der Waals surface area contributed by atoms with E-state index in [-0.39, 0.29) is 18.1 Å². The third-order valence-electron chi connectivity index (χ3n) is 9.17. The van der Waals surface area contributed by atoms with Crippen molar-refractivity contribution < 1.29 is 103 Å². The minimum atomic E-state index is -3.19. The smallest absolute Gasteiger partial charge is 0.152 e. The molecule has 0 rings (SSSR count). The quantitative estimate of drug-likeness (QED) is 0.0674. The van der Waals surface area contributed by atoms with Crippen LogP contribution < -0.4 is 4.84 Å². The van der Waals surface area contributed by atoms with Gasteiger partial charge in [0.25, 0.3) is 0 Å². The van der Waals surface area contributed by atoms with Crippen molar-refractivity contribution in [3.63, 3.8) is 0 Å². The van der Waals surface area contributed by atoms with Crippen molar-refractivity contribution in [2.24, 2.45) is 0 Å². The summed E-state index contributed by atoms with van der Waals surface area (Å²) in [6, 6.07) is 0. The molecule has 0 atom stereocenters. The Balaban J connectivity index is 3.13. The first-order chi connectivity index (χ1) is 35.3. The van der Waals surface area contributed by atoms with Gasteiger partial charge in [0.2, 0.25) is 0 Å². The molecule has 0 aliphatic rings. The van der Waals surface area contributed by atoms with Gasteiger partial charge in [-0.2, -0.15) is 0 Å². The van der Waals surface area contributed by atoms with E-state index in [9.17, 15) is 8.42 Å². The van der Waals surface area contributed by atoms with Crippen LogP contribution in [-0.2, 0) is 105 Å². The number of sulfone groups is 1. The summed E-state index contributed by atoms with van der Waals surface area (Å²) in [5.74, 6) is 0.0223. The van der Waals surface area contributed by atoms with E-state index >= 15 is 0 Å². The second-order valence-electron chi connectivity index (χ2n) is 15.9. The van der Waals surface area contributed by atoms with Gasteiger partial charge < -0.3 is 94.7 Å². The summed E-state index contributed by atoms with van der Waals surface area (Å²) >= 11 is 5.62. The first-order valence-electron chi connectivity index (χ1n) is 25.4. The van der Waals surface area contributed by atoms with Crippen LogP contribution in [0.15, 0.2) is 0 Å². The van der Waals surface area contributed by atoms with Crippen LogP contribution in [0.25, 0.3) is 0 Å². The number of hydrogen-bond donors (Lipinski definition) is 1. The topological polar surface area (TPSA) is 231 Å². The molecule has 0 spiro atoms. The van der Waals surface area contributed by atoms with Crippen molar-refractivity contribution in [1.29, 1.82) is 0 Å². The molecular formula is C47H96ClNO22S. The fraction of sp³-hybridized carbons (Fsp3) is 1.00. The molecule has 0 heterocycles. The van der Waals surface area contributed by atoms with E-state index in [1.54, 1.807) is 7.11 Å². The van der Waals surface area contributed by atoms with Crippen LogP contribution in [0.3, 0.4) is 0 Å². The van der Waals surface area contributed by atoms with E-state index in [2.05, 4.69) is 4.84 Å². The Morgan fingerprint density at radius 1 is 0.292 bits per heavy atom. The lowest BCUT2D eigenvalue weighted by molar-refractivity contribution is -0.0274. The summed E-state index contributed by atoms with van der Waals surface area (Å²) in [5.41, 5.74) is -0.444. The highest BCUT2D eigenvalue weighted by atomic mass is 35.5. The van der Waals surface area contributed by atoms with E-state index < -0.39 is 15.4 Å². The first kappa shape index (κ1) is 71.4. The van der Waals surface area contributed by atoms with Gasteiger partial charge in [0.15, 0.2) is 9.84 Å². The van der Waals surface area contributed by atoms with Gasteiger partial charge in [0, 0.05) is 25.9 Å². The fourth-order valence-electron chi connectivity index (χ4n) is 5.09. The van der Waals surface area contributed by atoms with Crippen molar-refractivity contribution in [2.45, 2.75) is 32.2 Å². The normalized spacial score (nSPS) is 12.2. The van der Waals surface area contributed by atoms with Crippen molar-refractivity contribution in [3.8, 4) is 0 Å². The summed E-state index contributed by atoms with van der Waals surface area (Å²) in [4.78, 5) is 2.58. The minimum absolute atomic E-state index is 0.0296. The Kier molecular flexibility index (Phi) is 59.1. The number of methoxy groups -OCH3 is 1. The van der Waals surface area contributed by atoms with Gasteiger partial charge in [0.1, 0.15) is 0 Å². The van der Waals surface area contributed by atoms with Crippen molar-refractivity contribution in [1.82, 2.24) is 4.84 Å². The summed E-state index contributed by atoms with van der Waals surface area (Å²) in [5, 5.41) is 0. The molecule has 25 heteroatoms. The summed E-state index contributed by atoms with van der Waals surface area (Å²) in [7, 11) is -1.55. The molecule has 434 valence electrons. The van der Waals surface area contributed by atoms with Gasteiger partial charge in [-0.15, -0.1) is 0 Å². The van der Waals surface area contributed by atoms with Gasteiger partial charge in [-0.05, 0) is 38.5 Å². The zero-order valence-corrected chi connectivity index (χ0v) is 45.7. The lowest BCUT2D eigenvalue weighted by Crippen LogP contribution is -2.35. The van der Waals surface area contributed by atoms with Crippen LogP contribution in [0.5, 0.6) is 0 Å². The van der Waals surface area contributed by atoms with Crippen LogP contribution in [-0.4, -0.2) is 290 Å². The zero-order chi connectivity index (χ0) is 52.3. The molecule has 0 aromatic rings. The molecule has 0 amide bonds. The third kappa shape index (κ3) is 61.9. The van der Waals surface area contributed by atoms with Crippen molar-refractivity contribution in [2.75, 3.05) is 276 Å². The molecule has 0 bridgehead atoms.